The summed E-state index contributed by atoms with van der Waals surface area (Å²) in [6, 6.07) is -0.471. The van der Waals surface area contributed by atoms with E-state index in [1.165, 1.54) is 24.2 Å². The molecule has 1 spiro atoms. The zero-order valence-electron chi connectivity index (χ0n) is 16.2. The number of thiazole rings is 1. The van der Waals surface area contributed by atoms with Crippen LogP contribution in [0.1, 0.15) is 51.1 Å². The maximum Gasteiger partial charge on any atom is 0.325 e. The summed E-state index contributed by atoms with van der Waals surface area (Å²) in [7, 11) is 0. The molecule has 8 nitrogen and oxygen atoms in total. The van der Waals surface area contributed by atoms with Crippen LogP contribution in [-0.2, 0) is 16.1 Å². The topological polar surface area (TPSA) is 94.6 Å². The van der Waals surface area contributed by atoms with Crippen LogP contribution < -0.4 is 10.6 Å². The maximum absolute atomic E-state index is 12.6. The smallest absolute Gasteiger partial charge is 0.323 e. The highest BCUT2D eigenvalue weighted by Gasteiger charge is 2.52. The van der Waals surface area contributed by atoms with E-state index in [-0.39, 0.29) is 12.5 Å². The van der Waals surface area contributed by atoms with E-state index in [1.54, 1.807) is 0 Å². The number of imide groups is 1. The SMILES string of the molecule is CC1CCCN(Cc2csc(NC(=O)CN3C(=O)NC4(CCCC4)C3=O)n2)C1. The van der Waals surface area contributed by atoms with Crippen molar-refractivity contribution in [3.05, 3.63) is 11.1 Å². The first-order chi connectivity index (χ1) is 13.4. The summed E-state index contributed by atoms with van der Waals surface area (Å²) in [5.41, 5.74) is 0.159. The molecule has 4 amide bonds. The summed E-state index contributed by atoms with van der Waals surface area (Å²) in [4.78, 5) is 45.1. The number of anilines is 1. The molecule has 3 heterocycles. The molecule has 3 fully saturated rings. The Balaban J connectivity index is 1.31. The monoisotopic (exact) mass is 405 g/mol. The Morgan fingerprint density at radius 2 is 2.14 bits per heavy atom. The molecular weight excluding hydrogens is 378 g/mol. The number of hydrogen-bond donors (Lipinski definition) is 2. The molecule has 1 atom stereocenters. The molecule has 1 aromatic rings. The van der Waals surface area contributed by atoms with Gasteiger partial charge in [-0.3, -0.25) is 19.4 Å². The minimum absolute atomic E-state index is 0.273. The number of amides is 4. The van der Waals surface area contributed by atoms with Gasteiger partial charge < -0.3 is 10.6 Å². The number of nitrogens with one attached hydrogen (secondary N) is 2. The van der Waals surface area contributed by atoms with Crippen molar-refractivity contribution >= 4 is 34.3 Å². The molecule has 0 aromatic carbocycles. The lowest BCUT2D eigenvalue weighted by Gasteiger charge is -2.30. The summed E-state index contributed by atoms with van der Waals surface area (Å²) in [6.07, 6.45) is 5.63. The predicted octanol–water partition coefficient (Wildman–Crippen LogP) is 2.18. The molecule has 28 heavy (non-hydrogen) atoms. The normalized spacial score (nSPS) is 24.8. The van der Waals surface area contributed by atoms with E-state index in [2.05, 4.69) is 27.4 Å². The number of piperidine rings is 1. The van der Waals surface area contributed by atoms with Crippen molar-refractivity contribution in [3.8, 4) is 0 Å². The van der Waals surface area contributed by atoms with Gasteiger partial charge in [-0.15, -0.1) is 11.3 Å². The van der Waals surface area contributed by atoms with Crippen LogP contribution >= 0.6 is 11.3 Å². The van der Waals surface area contributed by atoms with Crippen molar-refractivity contribution in [1.82, 2.24) is 20.1 Å². The van der Waals surface area contributed by atoms with E-state index in [1.807, 2.05) is 5.38 Å². The van der Waals surface area contributed by atoms with Gasteiger partial charge in [0.05, 0.1) is 5.69 Å². The molecule has 9 heteroatoms. The zero-order valence-corrected chi connectivity index (χ0v) is 17.0. The van der Waals surface area contributed by atoms with Gasteiger partial charge in [-0.2, -0.15) is 0 Å². The standard InChI is InChI=1S/C19H27N5O3S/c1-13-5-4-8-23(9-13)10-14-12-28-17(20-14)21-15(25)11-24-16(26)19(22-18(24)27)6-2-3-7-19/h12-13H,2-11H2,1H3,(H,22,27)(H,20,21,25). The first-order valence-corrected chi connectivity index (χ1v) is 10.9. The Bertz CT molecular complexity index is 773. The molecule has 1 saturated carbocycles. The van der Waals surface area contributed by atoms with Gasteiger partial charge in [0, 0.05) is 18.5 Å². The van der Waals surface area contributed by atoms with E-state index in [9.17, 15) is 14.4 Å². The second-order valence-corrected chi connectivity index (χ2v) is 9.14. The Labute approximate surface area is 168 Å². The second kappa shape index (κ2) is 7.79. The first kappa shape index (κ1) is 19.3. The van der Waals surface area contributed by atoms with Crippen LogP contribution in [-0.4, -0.2) is 57.8 Å². The summed E-state index contributed by atoms with van der Waals surface area (Å²) < 4.78 is 0. The van der Waals surface area contributed by atoms with Crippen molar-refractivity contribution in [3.63, 3.8) is 0 Å². The first-order valence-electron chi connectivity index (χ1n) is 10.1. The number of likely N-dealkylation sites (tertiary alicyclic amines) is 1. The molecule has 2 saturated heterocycles. The fourth-order valence-corrected chi connectivity index (χ4v) is 5.25. The number of carbonyl (C=O) groups is 3. The van der Waals surface area contributed by atoms with Gasteiger partial charge in [0.2, 0.25) is 5.91 Å². The third-order valence-corrected chi connectivity index (χ3v) is 6.74. The summed E-state index contributed by atoms with van der Waals surface area (Å²) >= 11 is 1.37. The summed E-state index contributed by atoms with van der Waals surface area (Å²) in [6.45, 7) is 4.94. The maximum atomic E-state index is 12.6. The van der Waals surface area contributed by atoms with Crippen molar-refractivity contribution in [2.45, 2.75) is 57.5 Å². The molecule has 2 N–H and O–H groups in total. The molecular formula is C19H27N5O3S. The number of aromatic nitrogens is 1. The number of urea groups is 1. The number of nitrogens with zero attached hydrogens (tertiary/aromatic N) is 3. The van der Waals surface area contributed by atoms with E-state index in [0.29, 0.717) is 23.9 Å². The van der Waals surface area contributed by atoms with Gasteiger partial charge in [-0.1, -0.05) is 19.8 Å². The highest BCUT2D eigenvalue weighted by Crippen LogP contribution is 2.35. The Morgan fingerprint density at radius 1 is 1.36 bits per heavy atom. The van der Waals surface area contributed by atoms with Crippen LogP contribution in [0, 0.1) is 5.92 Å². The van der Waals surface area contributed by atoms with Crippen LogP contribution in [0.4, 0.5) is 9.93 Å². The quantitative estimate of drug-likeness (QED) is 0.732. The Hall–Kier alpha value is -2.00. The minimum Gasteiger partial charge on any atom is -0.323 e. The van der Waals surface area contributed by atoms with E-state index < -0.39 is 17.5 Å². The van der Waals surface area contributed by atoms with Gasteiger partial charge in [0.1, 0.15) is 12.1 Å². The fourth-order valence-electron chi connectivity index (χ4n) is 4.54. The van der Waals surface area contributed by atoms with Crippen LogP contribution in [0.2, 0.25) is 0 Å². The second-order valence-electron chi connectivity index (χ2n) is 8.29. The average molecular weight is 406 g/mol. The van der Waals surface area contributed by atoms with Gasteiger partial charge >= 0.3 is 6.03 Å². The van der Waals surface area contributed by atoms with E-state index in [0.717, 1.165) is 43.1 Å². The van der Waals surface area contributed by atoms with Crippen LogP contribution in [0.15, 0.2) is 5.38 Å². The number of rotatable bonds is 5. The summed E-state index contributed by atoms with van der Waals surface area (Å²) in [5, 5.41) is 7.98. The van der Waals surface area contributed by atoms with E-state index in [4.69, 9.17) is 0 Å². The number of carbonyl (C=O) groups excluding carboxylic acids is 3. The highest BCUT2D eigenvalue weighted by molar-refractivity contribution is 7.13. The van der Waals surface area contributed by atoms with E-state index >= 15 is 0 Å². The molecule has 3 aliphatic rings. The Morgan fingerprint density at radius 3 is 2.89 bits per heavy atom. The van der Waals surface area contributed by atoms with Gasteiger partial charge in [0.25, 0.3) is 5.91 Å². The number of hydrogen-bond acceptors (Lipinski definition) is 6. The molecule has 0 radical (unpaired) electrons. The lowest BCUT2D eigenvalue weighted by atomic mass is 9.98. The zero-order chi connectivity index (χ0) is 19.7. The van der Waals surface area contributed by atoms with Crippen molar-refractivity contribution in [2.75, 3.05) is 25.0 Å². The van der Waals surface area contributed by atoms with Crippen molar-refractivity contribution < 1.29 is 14.4 Å². The third-order valence-electron chi connectivity index (χ3n) is 5.93. The lowest BCUT2D eigenvalue weighted by molar-refractivity contribution is -0.133. The lowest BCUT2D eigenvalue weighted by Crippen LogP contribution is -2.44. The highest BCUT2D eigenvalue weighted by atomic mass is 32.1. The van der Waals surface area contributed by atoms with Crippen LogP contribution in [0.25, 0.3) is 0 Å². The molecule has 0 bridgehead atoms. The average Bonchev–Trinajstić information content (AvgIpc) is 3.34. The third kappa shape index (κ3) is 3.91. The van der Waals surface area contributed by atoms with Crippen LogP contribution in [0.5, 0.6) is 0 Å². The largest absolute Gasteiger partial charge is 0.325 e. The molecule has 2 aliphatic heterocycles. The van der Waals surface area contributed by atoms with Gasteiger partial charge in [-0.25, -0.2) is 9.78 Å². The molecule has 4 rings (SSSR count). The van der Waals surface area contributed by atoms with Crippen molar-refractivity contribution in [2.24, 2.45) is 5.92 Å². The molecule has 152 valence electrons. The predicted molar refractivity (Wildman–Crippen MR) is 106 cm³/mol. The molecule has 1 aromatic heterocycles. The van der Waals surface area contributed by atoms with Gasteiger partial charge in [-0.05, 0) is 38.1 Å². The summed E-state index contributed by atoms with van der Waals surface area (Å²) in [5.74, 6) is 0.0362. The fraction of sp³-hybridized carbons (Fsp3) is 0.684. The molecule has 1 unspecified atom stereocenters. The van der Waals surface area contributed by atoms with Gasteiger partial charge in [0.15, 0.2) is 5.13 Å². The molecule has 1 aliphatic carbocycles. The Kier molecular flexibility index (Phi) is 5.37. The van der Waals surface area contributed by atoms with Crippen LogP contribution in [0.3, 0.4) is 0 Å². The minimum atomic E-state index is -0.780. The van der Waals surface area contributed by atoms with Crippen molar-refractivity contribution in [1.29, 1.82) is 0 Å².